The molecule has 2 aliphatic heterocycles. The Hall–Kier alpha value is -4.17. The first-order valence-corrected chi connectivity index (χ1v) is 15.1. The highest BCUT2D eigenvalue weighted by Gasteiger charge is 2.57. The van der Waals surface area contributed by atoms with Crippen LogP contribution in [0.4, 0.5) is 4.79 Å². The second-order valence-corrected chi connectivity index (χ2v) is 12.1. The maximum atomic E-state index is 14.2. The van der Waals surface area contributed by atoms with E-state index in [0.29, 0.717) is 19.6 Å². The molecule has 0 aromatic heterocycles. The fraction of sp³-hybridized carbons (Fsp3) is 0.400. The number of urea groups is 1. The molecule has 8 heteroatoms. The molecule has 1 unspecified atom stereocenters. The van der Waals surface area contributed by atoms with Crippen LogP contribution >= 0.6 is 0 Å². The predicted molar refractivity (Wildman–Crippen MR) is 166 cm³/mol. The van der Waals surface area contributed by atoms with Gasteiger partial charge in [0.2, 0.25) is 5.91 Å². The van der Waals surface area contributed by atoms with Crippen LogP contribution in [0.1, 0.15) is 43.4 Å². The molecule has 8 nitrogen and oxygen atoms in total. The highest BCUT2D eigenvalue weighted by atomic mass is 16.4. The van der Waals surface area contributed by atoms with Crippen molar-refractivity contribution in [1.82, 2.24) is 19.6 Å². The molecule has 2 heterocycles. The Kier molecular flexibility index (Phi) is 8.87. The third-order valence-electron chi connectivity index (χ3n) is 9.06. The van der Waals surface area contributed by atoms with E-state index >= 15 is 0 Å². The minimum absolute atomic E-state index is 0.0664. The topological polar surface area (TPSA) is 84.2 Å². The Balaban J connectivity index is 1.40. The molecular weight excluding hydrogens is 540 g/mol. The molecule has 1 N–H and O–H groups in total. The number of piperidine rings is 1. The molecule has 0 bridgehead atoms. The van der Waals surface area contributed by atoms with Crippen LogP contribution in [0.25, 0.3) is 0 Å². The highest BCUT2D eigenvalue weighted by molar-refractivity contribution is 5.86. The van der Waals surface area contributed by atoms with Gasteiger partial charge in [0.25, 0.3) is 0 Å². The lowest BCUT2D eigenvalue weighted by atomic mass is 9.76. The number of likely N-dealkylation sites (tertiary alicyclic amines) is 1. The Labute approximate surface area is 254 Å². The summed E-state index contributed by atoms with van der Waals surface area (Å²) in [7, 11) is 3.26. The highest BCUT2D eigenvalue weighted by Crippen LogP contribution is 2.48. The molecule has 0 aliphatic carbocycles. The minimum atomic E-state index is -1.02. The Morgan fingerprint density at radius 2 is 1.30 bits per heavy atom. The maximum absolute atomic E-state index is 14.2. The SMILES string of the molecule is CC(C)[C@@H](C(=O)O)N(C)C(=O)N(C)[C@H]1CCCN(C(=O)[C@H]2CN2C(c2ccccc2)(c2ccccc2)c2ccccc2)C1. The number of hydrogen-bond acceptors (Lipinski definition) is 4. The lowest BCUT2D eigenvalue weighted by molar-refractivity contribution is -0.143. The molecule has 0 spiro atoms. The monoisotopic (exact) mass is 582 g/mol. The summed E-state index contributed by atoms with van der Waals surface area (Å²) in [5, 5.41) is 9.71. The number of nitrogens with zero attached hydrogens (tertiary/aromatic N) is 4. The molecular formula is C35H42N4O4. The fourth-order valence-electron chi connectivity index (χ4n) is 6.86. The normalized spacial score (nSPS) is 20.8. The van der Waals surface area contributed by atoms with Crippen molar-refractivity contribution >= 4 is 17.9 Å². The lowest BCUT2D eigenvalue weighted by Crippen LogP contribution is -2.56. The van der Waals surface area contributed by atoms with Gasteiger partial charge in [-0.3, -0.25) is 9.69 Å². The summed E-state index contributed by atoms with van der Waals surface area (Å²) >= 11 is 0. The van der Waals surface area contributed by atoms with Crippen molar-refractivity contribution in [2.75, 3.05) is 33.7 Å². The number of carbonyl (C=O) groups excluding carboxylic acids is 2. The Morgan fingerprint density at radius 1 is 0.814 bits per heavy atom. The van der Waals surface area contributed by atoms with Crippen molar-refractivity contribution in [3.05, 3.63) is 108 Å². The molecule has 2 fully saturated rings. The molecule has 5 rings (SSSR count). The molecule has 43 heavy (non-hydrogen) atoms. The summed E-state index contributed by atoms with van der Waals surface area (Å²) in [5.41, 5.74) is 2.67. The first-order valence-electron chi connectivity index (χ1n) is 15.1. The number of hydrogen-bond donors (Lipinski definition) is 1. The van der Waals surface area contributed by atoms with E-state index in [0.717, 1.165) is 29.5 Å². The van der Waals surface area contributed by atoms with E-state index in [1.54, 1.807) is 32.8 Å². The third-order valence-corrected chi connectivity index (χ3v) is 9.06. The molecule has 0 saturated carbocycles. The maximum Gasteiger partial charge on any atom is 0.326 e. The van der Waals surface area contributed by atoms with Crippen LogP contribution < -0.4 is 0 Å². The number of benzene rings is 3. The third kappa shape index (κ3) is 5.76. The van der Waals surface area contributed by atoms with Gasteiger partial charge in [-0.25, -0.2) is 9.59 Å². The molecule has 3 aromatic rings. The molecule has 3 amide bonds. The van der Waals surface area contributed by atoms with Crippen LogP contribution in [0.2, 0.25) is 0 Å². The van der Waals surface area contributed by atoms with Crippen molar-refractivity contribution in [2.24, 2.45) is 5.92 Å². The van der Waals surface area contributed by atoms with E-state index in [1.807, 2.05) is 59.5 Å². The van der Waals surface area contributed by atoms with Gasteiger partial charge in [-0.1, -0.05) is 105 Å². The summed E-state index contributed by atoms with van der Waals surface area (Å²) < 4.78 is 0. The Bertz CT molecular complexity index is 1320. The van der Waals surface area contributed by atoms with Gasteiger partial charge in [-0.05, 0) is 35.4 Å². The van der Waals surface area contributed by atoms with Crippen molar-refractivity contribution in [2.45, 2.75) is 50.4 Å². The van der Waals surface area contributed by atoms with Gasteiger partial charge in [-0.15, -0.1) is 0 Å². The van der Waals surface area contributed by atoms with Gasteiger partial charge in [-0.2, -0.15) is 0 Å². The van der Waals surface area contributed by atoms with E-state index in [1.165, 1.54) is 4.90 Å². The Morgan fingerprint density at radius 3 is 1.74 bits per heavy atom. The number of carboxylic acids is 1. The summed E-state index contributed by atoms with van der Waals surface area (Å²) in [6, 6.07) is 29.4. The van der Waals surface area contributed by atoms with Crippen molar-refractivity contribution in [3.8, 4) is 0 Å². The average molecular weight is 583 g/mol. The lowest BCUT2D eigenvalue weighted by Gasteiger charge is -2.41. The number of amides is 3. The second kappa shape index (κ2) is 12.6. The number of carboxylic acid groups (broad SMARTS) is 1. The average Bonchev–Trinajstić information content (AvgIpc) is 3.83. The molecule has 2 aliphatic rings. The van der Waals surface area contributed by atoms with E-state index < -0.39 is 17.6 Å². The van der Waals surface area contributed by atoms with E-state index in [2.05, 4.69) is 41.3 Å². The van der Waals surface area contributed by atoms with Crippen LogP contribution in [0.3, 0.4) is 0 Å². The number of likely N-dealkylation sites (N-methyl/N-ethyl adjacent to an activating group) is 2. The molecule has 0 radical (unpaired) electrons. The second-order valence-electron chi connectivity index (χ2n) is 12.1. The van der Waals surface area contributed by atoms with Crippen LogP contribution in [-0.2, 0) is 15.1 Å². The zero-order valence-electron chi connectivity index (χ0n) is 25.5. The minimum Gasteiger partial charge on any atom is -0.480 e. The van der Waals surface area contributed by atoms with Gasteiger partial charge in [0.05, 0.1) is 11.6 Å². The first kappa shape index (κ1) is 30.3. The smallest absolute Gasteiger partial charge is 0.326 e. The summed E-state index contributed by atoms with van der Waals surface area (Å²) in [5.74, 6) is -1.19. The first-order chi connectivity index (χ1) is 20.7. The van der Waals surface area contributed by atoms with Crippen LogP contribution in [0.15, 0.2) is 91.0 Å². The van der Waals surface area contributed by atoms with Gasteiger partial charge in [0.15, 0.2) is 0 Å². The van der Waals surface area contributed by atoms with Crippen molar-refractivity contribution in [1.29, 1.82) is 0 Å². The van der Waals surface area contributed by atoms with Crippen LogP contribution in [0, 0.1) is 5.92 Å². The summed E-state index contributed by atoms with van der Waals surface area (Å²) in [6.07, 6.45) is 1.54. The predicted octanol–water partition coefficient (Wildman–Crippen LogP) is 4.75. The molecule has 4 atom stereocenters. The quantitative estimate of drug-likeness (QED) is 0.291. The number of rotatable bonds is 9. The standard InChI is InChI=1S/C35H42N4O4/c1-25(2)31(33(41)42)37(4)34(43)36(3)29-21-14-22-38(23-29)32(40)30-24-39(30)35(26-15-8-5-9-16-26,27-17-10-6-11-18-27)28-19-12-7-13-20-28/h5-13,15-20,25,29-31H,14,21-24H2,1-4H3,(H,41,42)/t29-,30+,31-,39?/m0/s1. The van der Waals surface area contributed by atoms with Gasteiger partial charge in [0, 0.05) is 33.7 Å². The molecule has 226 valence electrons. The fourth-order valence-corrected chi connectivity index (χ4v) is 6.86. The van der Waals surface area contributed by atoms with Crippen molar-refractivity contribution < 1.29 is 19.5 Å². The van der Waals surface area contributed by atoms with Crippen molar-refractivity contribution in [3.63, 3.8) is 0 Å². The summed E-state index contributed by atoms with van der Waals surface area (Å²) in [4.78, 5) is 46.5. The van der Waals surface area contributed by atoms with Crippen LogP contribution in [-0.4, -0.2) is 94.5 Å². The molecule has 3 aromatic carbocycles. The van der Waals surface area contributed by atoms with E-state index in [9.17, 15) is 19.5 Å². The largest absolute Gasteiger partial charge is 0.480 e. The van der Waals surface area contributed by atoms with Crippen LogP contribution in [0.5, 0.6) is 0 Å². The van der Waals surface area contributed by atoms with E-state index in [4.69, 9.17) is 0 Å². The van der Waals surface area contributed by atoms with Gasteiger partial charge >= 0.3 is 12.0 Å². The zero-order valence-corrected chi connectivity index (χ0v) is 25.5. The number of aliphatic carboxylic acids is 1. The van der Waals surface area contributed by atoms with Gasteiger partial charge in [0.1, 0.15) is 12.1 Å². The molecule has 2 saturated heterocycles. The van der Waals surface area contributed by atoms with E-state index in [-0.39, 0.29) is 29.9 Å². The number of carbonyl (C=O) groups is 3. The summed E-state index contributed by atoms with van der Waals surface area (Å²) in [6.45, 7) is 5.27. The zero-order chi connectivity index (χ0) is 30.7. The van der Waals surface area contributed by atoms with Gasteiger partial charge < -0.3 is 19.8 Å².